The maximum absolute atomic E-state index is 13.6. The third-order valence-electron chi connectivity index (χ3n) is 3.30. The third-order valence-corrected chi connectivity index (χ3v) is 3.30. The van der Waals surface area contributed by atoms with Gasteiger partial charge in [0.05, 0.1) is 11.3 Å². The van der Waals surface area contributed by atoms with E-state index in [4.69, 9.17) is 4.42 Å². The van der Waals surface area contributed by atoms with Crippen molar-refractivity contribution in [1.82, 2.24) is 9.55 Å². The number of carbonyl (C=O) groups is 1. The molecule has 0 bridgehead atoms. The number of aromatic nitrogens is 2. The predicted octanol–water partition coefficient (Wildman–Crippen LogP) is 2.23. The monoisotopic (exact) mass is 301 g/mol. The van der Waals surface area contributed by atoms with E-state index in [-0.39, 0.29) is 28.1 Å². The van der Waals surface area contributed by atoms with Gasteiger partial charge in [0.2, 0.25) is 5.71 Å². The van der Waals surface area contributed by atoms with Gasteiger partial charge >= 0.3 is 0 Å². The lowest BCUT2D eigenvalue weighted by Gasteiger charge is -2.05. The first kappa shape index (κ1) is 14.0. The molecule has 3 aromatic rings. The van der Waals surface area contributed by atoms with E-state index in [0.717, 1.165) is 0 Å². The second-order valence-corrected chi connectivity index (χ2v) is 4.81. The number of halogens is 1. The van der Waals surface area contributed by atoms with Gasteiger partial charge in [0, 0.05) is 7.05 Å². The molecule has 0 aliphatic heterocycles. The van der Waals surface area contributed by atoms with E-state index >= 15 is 0 Å². The van der Waals surface area contributed by atoms with Crippen LogP contribution in [0, 0.1) is 12.7 Å². The summed E-state index contributed by atoms with van der Waals surface area (Å²) in [5, 5.41) is 2.52. The second-order valence-electron chi connectivity index (χ2n) is 4.81. The van der Waals surface area contributed by atoms with Crippen molar-refractivity contribution in [2.45, 2.75) is 6.92 Å². The van der Waals surface area contributed by atoms with Crippen LogP contribution in [-0.4, -0.2) is 15.5 Å². The number of nitrogens with zero attached hydrogens (tertiary/aromatic N) is 2. The zero-order valence-electron chi connectivity index (χ0n) is 11.9. The van der Waals surface area contributed by atoms with Crippen molar-refractivity contribution < 1.29 is 13.6 Å². The smallest absolute Gasteiger partial charge is 0.265 e. The van der Waals surface area contributed by atoms with Gasteiger partial charge in [-0.05, 0) is 19.1 Å². The van der Waals surface area contributed by atoms with Crippen molar-refractivity contribution in [2.75, 3.05) is 5.32 Å². The van der Waals surface area contributed by atoms with Crippen LogP contribution in [0.25, 0.3) is 11.1 Å². The Hall–Kier alpha value is -2.96. The molecule has 0 saturated carbocycles. The molecule has 7 heteroatoms. The fraction of sp³-hybridized carbons (Fsp3) is 0.133. The minimum absolute atomic E-state index is 0.0296. The highest BCUT2D eigenvalue weighted by Crippen LogP contribution is 2.22. The Balaban J connectivity index is 2.12. The van der Waals surface area contributed by atoms with E-state index in [2.05, 4.69) is 10.3 Å². The lowest BCUT2D eigenvalue weighted by Crippen LogP contribution is -2.20. The van der Waals surface area contributed by atoms with Crippen molar-refractivity contribution in [3.8, 4) is 0 Å². The van der Waals surface area contributed by atoms with Crippen LogP contribution in [-0.2, 0) is 7.05 Å². The van der Waals surface area contributed by atoms with Gasteiger partial charge in [0.25, 0.3) is 11.5 Å². The van der Waals surface area contributed by atoms with Crippen LogP contribution in [0.4, 0.5) is 10.1 Å². The average Bonchev–Trinajstić information content (AvgIpc) is 2.82. The van der Waals surface area contributed by atoms with Crippen LogP contribution in [0.15, 0.2) is 39.8 Å². The van der Waals surface area contributed by atoms with E-state index in [1.54, 1.807) is 13.0 Å². The summed E-state index contributed by atoms with van der Waals surface area (Å²) < 4.78 is 20.2. The maximum atomic E-state index is 13.6. The Morgan fingerprint density at radius 2 is 2.09 bits per heavy atom. The molecule has 0 fully saturated rings. The van der Waals surface area contributed by atoms with Gasteiger partial charge in [0.15, 0.2) is 0 Å². The number of fused-ring (bicyclic) bond motifs is 1. The highest BCUT2D eigenvalue weighted by Gasteiger charge is 2.23. The number of rotatable bonds is 2. The van der Waals surface area contributed by atoms with Crippen LogP contribution in [0.2, 0.25) is 0 Å². The normalized spacial score (nSPS) is 10.9. The molecular formula is C15H12FN3O3. The molecule has 22 heavy (non-hydrogen) atoms. The number of para-hydroxylation sites is 1. The summed E-state index contributed by atoms with van der Waals surface area (Å²) in [6.45, 7) is 1.55. The first-order chi connectivity index (χ1) is 10.5. The predicted molar refractivity (Wildman–Crippen MR) is 78.3 cm³/mol. The van der Waals surface area contributed by atoms with Gasteiger partial charge in [-0.3, -0.25) is 9.59 Å². The molecule has 1 N–H and O–H groups in total. The molecule has 0 aliphatic rings. The molecule has 0 radical (unpaired) electrons. The van der Waals surface area contributed by atoms with Crippen LogP contribution >= 0.6 is 0 Å². The summed E-state index contributed by atoms with van der Waals surface area (Å²) in [7, 11) is 1.52. The Bertz CT molecular complexity index is 943. The van der Waals surface area contributed by atoms with Crippen molar-refractivity contribution in [2.24, 2.45) is 7.05 Å². The molecule has 0 saturated heterocycles. The highest BCUT2D eigenvalue weighted by atomic mass is 19.1. The number of nitrogens with one attached hydrogen (secondary N) is 1. The van der Waals surface area contributed by atoms with E-state index < -0.39 is 17.3 Å². The molecule has 1 aromatic carbocycles. The third kappa shape index (κ3) is 2.16. The van der Waals surface area contributed by atoms with Gasteiger partial charge in [-0.2, -0.15) is 0 Å². The molecule has 0 unspecified atom stereocenters. The molecular weight excluding hydrogens is 289 g/mol. The van der Waals surface area contributed by atoms with Crippen molar-refractivity contribution in [3.05, 3.63) is 58.1 Å². The SMILES string of the molecule is Cc1oc2ncn(C)c(=O)c2c1C(=O)Nc1ccccc1F. The largest absolute Gasteiger partial charge is 0.442 e. The van der Waals surface area contributed by atoms with E-state index in [0.29, 0.717) is 0 Å². The van der Waals surface area contributed by atoms with E-state index in [1.807, 2.05) is 0 Å². The Morgan fingerprint density at radius 1 is 1.36 bits per heavy atom. The van der Waals surface area contributed by atoms with Gasteiger partial charge in [0.1, 0.15) is 23.3 Å². The number of anilines is 1. The molecule has 3 rings (SSSR count). The minimum atomic E-state index is -0.619. The summed E-state index contributed by atoms with van der Waals surface area (Å²) in [6, 6.07) is 5.78. The molecule has 112 valence electrons. The van der Waals surface area contributed by atoms with Crippen LogP contribution in [0.1, 0.15) is 16.1 Å². The number of hydrogen-bond acceptors (Lipinski definition) is 4. The van der Waals surface area contributed by atoms with Crippen LogP contribution in [0.5, 0.6) is 0 Å². The summed E-state index contributed by atoms with van der Waals surface area (Å²) in [6.07, 6.45) is 1.31. The number of carbonyl (C=O) groups excluding carboxylic acids is 1. The highest BCUT2D eigenvalue weighted by molar-refractivity contribution is 6.12. The summed E-state index contributed by atoms with van der Waals surface area (Å²) in [5.74, 6) is -0.932. The Labute approximate surface area is 124 Å². The molecule has 2 aromatic heterocycles. The average molecular weight is 301 g/mol. The number of benzene rings is 1. The maximum Gasteiger partial charge on any atom is 0.265 e. The standard InChI is InChI=1S/C15H12FN3O3/c1-8-11(12-14(22-8)17-7-19(2)15(12)21)13(20)18-10-6-4-3-5-9(10)16/h3-7H,1-2H3,(H,18,20). The molecule has 0 atom stereocenters. The molecule has 2 heterocycles. The fourth-order valence-corrected chi connectivity index (χ4v) is 2.21. The van der Waals surface area contributed by atoms with Gasteiger partial charge in [-0.25, -0.2) is 9.37 Å². The van der Waals surface area contributed by atoms with E-state index in [9.17, 15) is 14.0 Å². The van der Waals surface area contributed by atoms with Gasteiger partial charge < -0.3 is 14.3 Å². The molecule has 0 aliphatic carbocycles. The lowest BCUT2D eigenvalue weighted by molar-refractivity contribution is 0.102. The number of amides is 1. The minimum Gasteiger partial charge on any atom is -0.442 e. The Kier molecular flexibility index (Phi) is 3.25. The number of furan rings is 1. The topological polar surface area (TPSA) is 77.1 Å². The fourth-order valence-electron chi connectivity index (χ4n) is 2.21. The summed E-state index contributed by atoms with van der Waals surface area (Å²) >= 11 is 0. The van der Waals surface area contributed by atoms with Crippen LogP contribution < -0.4 is 10.9 Å². The number of aryl methyl sites for hydroxylation is 2. The lowest BCUT2D eigenvalue weighted by atomic mass is 10.1. The van der Waals surface area contributed by atoms with Crippen molar-refractivity contribution >= 4 is 22.7 Å². The van der Waals surface area contributed by atoms with Gasteiger partial charge in [-0.15, -0.1) is 0 Å². The summed E-state index contributed by atoms with van der Waals surface area (Å²) in [4.78, 5) is 28.6. The Morgan fingerprint density at radius 3 is 2.82 bits per heavy atom. The van der Waals surface area contributed by atoms with Crippen LogP contribution in [0.3, 0.4) is 0 Å². The first-order valence-corrected chi connectivity index (χ1v) is 6.49. The first-order valence-electron chi connectivity index (χ1n) is 6.49. The van der Waals surface area contributed by atoms with E-state index in [1.165, 1.54) is 36.1 Å². The molecule has 1 amide bonds. The van der Waals surface area contributed by atoms with Crippen molar-refractivity contribution in [1.29, 1.82) is 0 Å². The summed E-state index contributed by atoms with van der Waals surface area (Å²) in [5.41, 5.74) is -0.228. The van der Waals surface area contributed by atoms with Gasteiger partial charge in [-0.1, -0.05) is 12.1 Å². The molecule has 6 nitrogen and oxygen atoms in total. The number of hydrogen-bond donors (Lipinski definition) is 1. The quantitative estimate of drug-likeness (QED) is 0.787. The molecule has 0 spiro atoms. The van der Waals surface area contributed by atoms with Crippen molar-refractivity contribution in [3.63, 3.8) is 0 Å². The second kappa shape index (κ2) is 5.10. The zero-order chi connectivity index (χ0) is 15.9. The zero-order valence-corrected chi connectivity index (χ0v) is 11.9.